The summed E-state index contributed by atoms with van der Waals surface area (Å²) in [7, 11) is 1.57. The number of anilines is 1. The van der Waals surface area contributed by atoms with Gasteiger partial charge in [-0.05, 0) is 84.5 Å². The maximum atomic E-state index is 13.2. The molecule has 158 valence electrons. The molecule has 0 radical (unpaired) electrons. The van der Waals surface area contributed by atoms with Gasteiger partial charge in [-0.25, -0.2) is 0 Å². The number of benzene rings is 2. The third-order valence-corrected chi connectivity index (χ3v) is 7.46. The van der Waals surface area contributed by atoms with E-state index in [2.05, 4.69) is 24.0 Å². The van der Waals surface area contributed by atoms with Crippen molar-refractivity contribution < 1.29 is 19.1 Å². The monoisotopic (exact) mass is 423 g/mol. The van der Waals surface area contributed by atoms with E-state index < -0.39 is 0 Å². The van der Waals surface area contributed by atoms with E-state index in [1.807, 2.05) is 0 Å². The summed E-state index contributed by atoms with van der Waals surface area (Å²) in [5.74, 6) is 6.95. The molecule has 2 amide bonds. The first-order valence-corrected chi connectivity index (χ1v) is 10.9. The quantitative estimate of drug-likeness (QED) is 0.328. The summed E-state index contributed by atoms with van der Waals surface area (Å²) in [5.41, 5.74) is 1.72. The van der Waals surface area contributed by atoms with Crippen LogP contribution in [0, 0.1) is 47.3 Å². The van der Waals surface area contributed by atoms with Crippen LogP contribution in [0.4, 0.5) is 5.69 Å². The molecule has 0 spiro atoms. The number of rotatable bonds is 3. The van der Waals surface area contributed by atoms with Crippen LogP contribution in [-0.4, -0.2) is 24.7 Å². The minimum Gasteiger partial charge on any atom is -0.497 e. The third kappa shape index (κ3) is 2.76. The molecule has 0 N–H and O–H groups in total. The molecule has 2 saturated carbocycles. The van der Waals surface area contributed by atoms with Crippen LogP contribution in [0.2, 0.25) is 0 Å². The van der Waals surface area contributed by atoms with Crippen molar-refractivity contribution in [3.63, 3.8) is 0 Å². The Kier molecular flexibility index (Phi) is 4.13. The van der Waals surface area contributed by atoms with Crippen LogP contribution in [0.3, 0.4) is 0 Å². The molecule has 32 heavy (non-hydrogen) atoms. The third-order valence-electron chi connectivity index (χ3n) is 7.46. The SMILES string of the molecule is COc1ccc(C(=O)C#Cc2ccc(N3C(=O)C4C5C=CC(C6CC56)C4C3=O)cc2)cc1. The van der Waals surface area contributed by atoms with Crippen molar-refractivity contribution in [2.24, 2.45) is 35.5 Å². The highest BCUT2D eigenvalue weighted by atomic mass is 16.5. The highest BCUT2D eigenvalue weighted by Crippen LogP contribution is 2.65. The Morgan fingerprint density at radius 2 is 1.50 bits per heavy atom. The van der Waals surface area contributed by atoms with Gasteiger partial charge in [0, 0.05) is 11.1 Å². The molecular weight excluding hydrogens is 402 g/mol. The van der Waals surface area contributed by atoms with Crippen molar-refractivity contribution in [3.05, 3.63) is 71.8 Å². The molecule has 6 atom stereocenters. The minimum atomic E-state index is -0.285. The number of Topliss-reactive ketones (excluding diaryl/α,β-unsaturated/α-hetero) is 1. The van der Waals surface area contributed by atoms with Crippen molar-refractivity contribution in [1.29, 1.82) is 0 Å². The van der Waals surface area contributed by atoms with Crippen molar-refractivity contribution in [1.82, 2.24) is 0 Å². The minimum absolute atomic E-state index is 0.0711. The van der Waals surface area contributed by atoms with E-state index in [-0.39, 0.29) is 41.3 Å². The summed E-state index contributed by atoms with van der Waals surface area (Å²) in [6.07, 6.45) is 5.50. The molecule has 5 aliphatic rings. The van der Waals surface area contributed by atoms with Crippen molar-refractivity contribution >= 4 is 23.3 Å². The van der Waals surface area contributed by atoms with Gasteiger partial charge in [0.05, 0.1) is 24.6 Å². The Morgan fingerprint density at radius 3 is 2.06 bits per heavy atom. The highest BCUT2D eigenvalue weighted by Gasteiger charge is 2.67. The number of imide groups is 1. The molecular formula is C27H21NO4. The van der Waals surface area contributed by atoms with Crippen LogP contribution < -0.4 is 9.64 Å². The zero-order valence-electron chi connectivity index (χ0n) is 17.5. The Labute approximate surface area is 186 Å². The number of hydrogen-bond donors (Lipinski definition) is 0. The van der Waals surface area contributed by atoms with Crippen molar-refractivity contribution in [3.8, 4) is 17.6 Å². The molecule has 5 nitrogen and oxygen atoms in total. The summed E-state index contributed by atoms with van der Waals surface area (Å²) >= 11 is 0. The predicted molar refractivity (Wildman–Crippen MR) is 118 cm³/mol. The average Bonchev–Trinajstić information content (AvgIpc) is 3.61. The van der Waals surface area contributed by atoms with E-state index in [1.54, 1.807) is 55.6 Å². The molecule has 2 aromatic carbocycles. The summed E-state index contributed by atoms with van der Waals surface area (Å²) in [6, 6.07) is 13.8. The molecule has 6 unspecified atom stereocenters. The second kappa shape index (κ2) is 6.93. The summed E-state index contributed by atoms with van der Waals surface area (Å²) in [4.78, 5) is 40.1. The van der Waals surface area contributed by atoms with E-state index in [1.165, 1.54) is 4.90 Å². The Morgan fingerprint density at radius 1 is 0.906 bits per heavy atom. The summed E-state index contributed by atoms with van der Waals surface area (Å²) in [6.45, 7) is 0. The first-order chi connectivity index (χ1) is 15.6. The predicted octanol–water partition coefficient (Wildman–Crippen LogP) is 3.49. The molecule has 0 aromatic heterocycles. The van der Waals surface area contributed by atoms with Crippen molar-refractivity contribution in [2.75, 3.05) is 12.0 Å². The molecule has 1 saturated heterocycles. The molecule has 2 aromatic rings. The number of nitrogens with zero attached hydrogens (tertiary/aromatic N) is 1. The van der Waals surface area contributed by atoms with Gasteiger partial charge in [0.25, 0.3) is 0 Å². The summed E-state index contributed by atoms with van der Waals surface area (Å²) < 4.78 is 5.10. The number of hydrogen-bond acceptors (Lipinski definition) is 4. The lowest BCUT2D eigenvalue weighted by atomic mass is 9.63. The second-order valence-electron chi connectivity index (χ2n) is 9.02. The topological polar surface area (TPSA) is 63.7 Å². The van der Waals surface area contributed by atoms with Gasteiger partial charge in [0.2, 0.25) is 17.6 Å². The normalized spacial score (nSPS) is 31.0. The van der Waals surface area contributed by atoms with Gasteiger partial charge < -0.3 is 4.74 Å². The van der Waals surface area contributed by atoms with Crippen LogP contribution in [0.5, 0.6) is 5.75 Å². The lowest BCUT2D eigenvalue weighted by Gasteiger charge is -2.37. The zero-order chi connectivity index (χ0) is 22.0. The first kappa shape index (κ1) is 19.1. The van der Waals surface area contributed by atoms with E-state index in [4.69, 9.17) is 4.74 Å². The lowest BCUT2D eigenvalue weighted by Crippen LogP contribution is -2.40. The number of carbonyl (C=O) groups excluding carboxylic acids is 3. The highest BCUT2D eigenvalue weighted by molar-refractivity contribution is 6.22. The molecule has 1 heterocycles. The lowest BCUT2D eigenvalue weighted by molar-refractivity contribution is -0.124. The summed E-state index contributed by atoms with van der Waals surface area (Å²) in [5, 5.41) is 0. The van der Waals surface area contributed by atoms with Gasteiger partial charge >= 0.3 is 0 Å². The Hall–Kier alpha value is -3.65. The van der Waals surface area contributed by atoms with Crippen LogP contribution in [-0.2, 0) is 9.59 Å². The number of ether oxygens (including phenoxy) is 1. The number of amides is 2. The number of methoxy groups -OCH3 is 1. The molecule has 1 aliphatic heterocycles. The molecule has 2 bridgehead atoms. The van der Waals surface area contributed by atoms with Crippen LogP contribution in [0.1, 0.15) is 22.3 Å². The van der Waals surface area contributed by atoms with Crippen LogP contribution in [0.25, 0.3) is 0 Å². The molecule has 5 heteroatoms. The second-order valence-corrected chi connectivity index (χ2v) is 9.02. The van der Waals surface area contributed by atoms with E-state index in [0.717, 1.165) is 6.42 Å². The Balaban J connectivity index is 1.20. The maximum absolute atomic E-state index is 13.2. The van der Waals surface area contributed by atoms with Crippen LogP contribution >= 0.6 is 0 Å². The van der Waals surface area contributed by atoms with E-state index in [0.29, 0.717) is 34.4 Å². The average molecular weight is 423 g/mol. The maximum Gasteiger partial charge on any atom is 0.238 e. The van der Waals surface area contributed by atoms with Gasteiger partial charge in [-0.2, -0.15) is 0 Å². The van der Waals surface area contributed by atoms with E-state index in [9.17, 15) is 14.4 Å². The van der Waals surface area contributed by atoms with Gasteiger partial charge in [-0.15, -0.1) is 0 Å². The number of ketones is 1. The number of carbonyl (C=O) groups is 3. The smallest absolute Gasteiger partial charge is 0.238 e. The van der Waals surface area contributed by atoms with Gasteiger partial charge in [-0.1, -0.05) is 18.1 Å². The van der Waals surface area contributed by atoms with Gasteiger partial charge in [0.1, 0.15) is 5.75 Å². The largest absolute Gasteiger partial charge is 0.497 e. The molecule has 7 rings (SSSR count). The van der Waals surface area contributed by atoms with Gasteiger partial charge in [0.15, 0.2) is 0 Å². The van der Waals surface area contributed by atoms with Crippen LogP contribution in [0.15, 0.2) is 60.7 Å². The van der Waals surface area contributed by atoms with E-state index >= 15 is 0 Å². The fraction of sp³-hybridized carbons (Fsp3) is 0.296. The Bertz CT molecular complexity index is 1200. The standard InChI is InChI=1S/C27H21NO4/c1-32-18-9-5-16(6-10-18)23(29)13-4-15-2-7-17(8-3-15)28-26(30)24-19-11-12-20(22-14-21(19)22)25(24)27(28)31/h2-3,5-12,19-22,24-25H,14H2,1H3. The number of allylic oxidation sites excluding steroid dienone is 2. The molecule has 4 aliphatic carbocycles. The molecule has 3 fully saturated rings. The van der Waals surface area contributed by atoms with Gasteiger partial charge in [-0.3, -0.25) is 19.3 Å². The zero-order valence-corrected chi connectivity index (χ0v) is 17.5. The first-order valence-electron chi connectivity index (χ1n) is 10.9. The van der Waals surface area contributed by atoms with Crippen molar-refractivity contribution in [2.45, 2.75) is 6.42 Å². The fourth-order valence-corrected chi connectivity index (χ4v) is 5.85. The fourth-order valence-electron chi connectivity index (χ4n) is 5.85.